The van der Waals surface area contributed by atoms with Crippen molar-refractivity contribution in [1.29, 1.82) is 0 Å². The molecule has 1 aliphatic rings. The Balaban J connectivity index is 2.14. The van der Waals surface area contributed by atoms with E-state index >= 15 is 0 Å². The summed E-state index contributed by atoms with van der Waals surface area (Å²) in [5.41, 5.74) is 11.2. The standard InChI is InChI=1S/C11H17N5O/c12-7-11(3-1-2-4-11)16-10(17)8-9(13)15-6-5-14-8/h5-6H,1-4,7,12H2,(H2,13,15)(H,16,17). The Morgan fingerprint density at radius 3 is 2.59 bits per heavy atom. The first-order valence-corrected chi connectivity index (χ1v) is 5.76. The topological polar surface area (TPSA) is 107 Å². The summed E-state index contributed by atoms with van der Waals surface area (Å²) in [6.07, 6.45) is 6.92. The molecule has 0 aromatic carbocycles. The zero-order valence-electron chi connectivity index (χ0n) is 9.65. The van der Waals surface area contributed by atoms with Gasteiger partial charge in [-0.1, -0.05) is 12.8 Å². The number of nitrogens with one attached hydrogen (secondary N) is 1. The van der Waals surface area contributed by atoms with Gasteiger partial charge >= 0.3 is 0 Å². The highest BCUT2D eigenvalue weighted by atomic mass is 16.2. The van der Waals surface area contributed by atoms with Crippen molar-refractivity contribution >= 4 is 11.7 Å². The molecule has 0 saturated heterocycles. The van der Waals surface area contributed by atoms with Crippen molar-refractivity contribution in [3.63, 3.8) is 0 Å². The third-order valence-electron chi connectivity index (χ3n) is 3.27. The lowest BCUT2D eigenvalue weighted by Gasteiger charge is -2.28. The number of rotatable bonds is 3. The van der Waals surface area contributed by atoms with E-state index in [1.54, 1.807) is 0 Å². The molecule has 0 bridgehead atoms. The summed E-state index contributed by atoms with van der Waals surface area (Å²) in [7, 11) is 0. The van der Waals surface area contributed by atoms with Crippen LogP contribution in [0.3, 0.4) is 0 Å². The maximum Gasteiger partial charge on any atom is 0.274 e. The van der Waals surface area contributed by atoms with Crippen LogP contribution < -0.4 is 16.8 Å². The second kappa shape index (κ2) is 4.67. The van der Waals surface area contributed by atoms with Crippen LogP contribution in [0.4, 0.5) is 5.82 Å². The number of hydrogen-bond acceptors (Lipinski definition) is 5. The van der Waals surface area contributed by atoms with Crippen molar-refractivity contribution in [2.45, 2.75) is 31.2 Å². The van der Waals surface area contributed by atoms with E-state index in [0.717, 1.165) is 25.7 Å². The summed E-state index contributed by atoms with van der Waals surface area (Å²) in [5.74, 6) is -0.141. The molecular weight excluding hydrogens is 218 g/mol. The Labute approximate surface area is 99.8 Å². The van der Waals surface area contributed by atoms with Gasteiger partial charge in [0, 0.05) is 18.9 Å². The number of carbonyl (C=O) groups is 1. The Kier molecular flexibility index (Phi) is 3.23. The van der Waals surface area contributed by atoms with Crippen LogP contribution in [0.5, 0.6) is 0 Å². The molecule has 0 unspecified atom stereocenters. The minimum Gasteiger partial charge on any atom is -0.382 e. The largest absolute Gasteiger partial charge is 0.382 e. The van der Waals surface area contributed by atoms with Crippen molar-refractivity contribution in [3.05, 3.63) is 18.1 Å². The molecule has 1 aliphatic carbocycles. The van der Waals surface area contributed by atoms with Crippen LogP contribution in [0, 0.1) is 0 Å². The SMILES string of the molecule is NCC1(NC(=O)c2nccnc2N)CCCC1. The minimum absolute atomic E-state index is 0.148. The smallest absolute Gasteiger partial charge is 0.274 e. The van der Waals surface area contributed by atoms with Gasteiger partial charge in [-0.3, -0.25) is 4.79 Å². The van der Waals surface area contributed by atoms with Gasteiger partial charge in [0.25, 0.3) is 5.91 Å². The van der Waals surface area contributed by atoms with E-state index in [9.17, 15) is 4.79 Å². The molecule has 6 heteroatoms. The Bertz CT molecular complexity index is 414. The third kappa shape index (κ3) is 2.36. The van der Waals surface area contributed by atoms with E-state index in [4.69, 9.17) is 11.5 Å². The van der Waals surface area contributed by atoms with E-state index < -0.39 is 0 Å². The van der Waals surface area contributed by atoms with Crippen LogP contribution in [0.15, 0.2) is 12.4 Å². The molecule has 0 atom stereocenters. The lowest BCUT2D eigenvalue weighted by Crippen LogP contribution is -2.52. The van der Waals surface area contributed by atoms with Gasteiger partial charge in [-0.15, -0.1) is 0 Å². The fourth-order valence-electron chi connectivity index (χ4n) is 2.26. The van der Waals surface area contributed by atoms with Crippen LogP contribution in [0.2, 0.25) is 0 Å². The number of nitrogens with two attached hydrogens (primary N) is 2. The molecule has 1 aromatic heterocycles. The zero-order chi connectivity index (χ0) is 12.3. The highest BCUT2D eigenvalue weighted by Crippen LogP contribution is 2.28. The van der Waals surface area contributed by atoms with Crippen molar-refractivity contribution in [2.75, 3.05) is 12.3 Å². The van der Waals surface area contributed by atoms with Crippen LogP contribution >= 0.6 is 0 Å². The number of nitrogens with zero attached hydrogens (tertiary/aromatic N) is 2. The van der Waals surface area contributed by atoms with Gasteiger partial charge < -0.3 is 16.8 Å². The Hall–Kier alpha value is -1.69. The van der Waals surface area contributed by atoms with E-state index in [2.05, 4.69) is 15.3 Å². The minimum atomic E-state index is -0.291. The number of carbonyl (C=O) groups excluding carboxylic acids is 1. The van der Waals surface area contributed by atoms with Gasteiger partial charge in [-0.05, 0) is 12.8 Å². The van der Waals surface area contributed by atoms with E-state index in [0.29, 0.717) is 6.54 Å². The first-order chi connectivity index (χ1) is 8.17. The molecule has 1 saturated carbocycles. The fourth-order valence-corrected chi connectivity index (χ4v) is 2.26. The summed E-state index contributed by atoms with van der Waals surface area (Å²) >= 11 is 0. The molecule has 17 heavy (non-hydrogen) atoms. The number of anilines is 1. The molecule has 1 fully saturated rings. The zero-order valence-corrected chi connectivity index (χ0v) is 9.65. The van der Waals surface area contributed by atoms with Gasteiger partial charge in [-0.2, -0.15) is 0 Å². The lowest BCUT2D eigenvalue weighted by molar-refractivity contribution is 0.0898. The second-order valence-corrected chi connectivity index (χ2v) is 4.44. The number of hydrogen-bond donors (Lipinski definition) is 3. The van der Waals surface area contributed by atoms with Crippen LogP contribution in [-0.2, 0) is 0 Å². The molecule has 1 amide bonds. The second-order valence-electron chi connectivity index (χ2n) is 4.44. The van der Waals surface area contributed by atoms with Gasteiger partial charge in [0.15, 0.2) is 11.5 Å². The van der Waals surface area contributed by atoms with E-state index in [1.807, 2.05) is 0 Å². The first kappa shape index (κ1) is 11.8. The predicted molar refractivity (Wildman–Crippen MR) is 64.2 cm³/mol. The van der Waals surface area contributed by atoms with E-state index in [-0.39, 0.29) is 23.0 Å². The highest BCUT2D eigenvalue weighted by molar-refractivity contribution is 5.96. The molecule has 0 spiro atoms. The monoisotopic (exact) mass is 235 g/mol. The van der Waals surface area contributed by atoms with Crippen LogP contribution in [-0.4, -0.2) is 28.0 Å². The van der Waals surface area contributed by atoms with Gasteiger partial charge in [-0.25, -0.2) is 9.97 Å². The van der Waals surface area contributed by atoms with Crippen molar-refractivity contribution < 1.29 is 4.79 Å². The molecule has 0 radical (unpaired) electrons. The van der Waals surface area contributed by atoms with Gasteiger partial charge in [0.2, 0.25) is 0 Å². The molecule has 5 N–H and O–H groups in total. The molecule has 92 valence electrons. The average Bonchev–Trinajstić information content (AvgIpc) is 2.79. The van der Waals surface area contributed by atoms with Crippen molar-refractivity contribution in [3.8, 4) is 0 Å². The molecular formula is C11H17N5O. The molecule has 2 rings (SSSR count). The highest BCUT2D eigenvalue weighted by Gasteiger charge is 2.34. The summed E-state index contributed by atoms with van der Waals surface area (Å²) in [6, 6.07) is 0. The fraction of sp³-hybridized carbons (Fsp3) is 0.545. The van der Waals surface area contributed by atoms with Crippen LogP contribution in [0.1, 0.15) is 36.2 Å². The Morgan fingerprint density at radius 2 is 2.00 bits per heavy atom. The van der Waals surface area contributed by atoms with E-state index in [1.165, 1.54) is 12.4 Å². The summed E-state index contributed by atoms with van der Waals surface area (Å²) in [5, 5.41) is 2.95. The quantitative estimate of drug-likeness (QED) is 0.686. The van der Waals surface area contributed by atoms with Gasteiger partial charge in [0.1, 0.15) is 0 Å². The molecule has 1 aromatic rings. The third-order valence-corrected chi connectivity index (χ3v) is 3.27. The predicted octanol–water partition coefficient (Wildman–Crippen LogP) is 0.0601. The number of aromatic nitrogens is 2. The first-order valence-electron chi connectivity index (χ1n) is 5.76. The van der Waals surface area contributed by atoms with Crippen molar-refractivity contribution in [1.82, 2.24) is 15.3 Å². The maximum atomic E-state index is 12.0. The van der Waals surface area contributed by atoms with Crippen LogP contribution in [0.25, 0.3) is 0 Å². The van der Waals surface area contributed by atoms with Crippen molar-refractivity contribution in [2.24, 2.45) is 5.73 Å². The maximum absolute atomic E-state index is 12.0. The molecule has 1 heterocycles. The average molecular weight is 235 g/mol. The summed E-state index contributed by atoms with van der Waals surface area (Å²) in [4.78, 5) is 19.8. The lowest BCUT2D eigenvalue weighted by atomic mass is 9.97. The normalized spacial score (nSPS) is 17.9. The molecule has 0 aliphatic heterocycles. The Morgan fingerprint density at radius 1 is 1.35 bits per heavy atom. The summed E-state index contributed by atoms with van der Waals surface area (Å²) < 4.78 is 0. The number of nitrogen functional groups attached to an aromatic ring is 1. The summed E-state index contributed by atoms with van der Waals surface area (Å²) in [6.45, 7) is 0.443. The number of amides is 1. The molecule has 6 nitrogen and oxygen atoms in total. The van der Waals surface area contributed by atoms with Gasteiger partial charge in [0.05, 0.1) is 5.54 Å².